The molecular formula is C55H62B2N2O4. The zero-order valence-electron chi connectivity index (χ0n) is 39.7. The van der Waals surface area contributed by atoms with E-state index in [9.17, 15) is 0 Å². The molecule has 0 unspecified atom stereocenters. The number of rotatable bonds is 8. The summed E-state index contributed by atoms with van der Waals surface area (Å²) in [6.07, 6.45) is 0. The Labute approximate surface area is 376 Å². The third-order valence-electron chi connectivity index (χ3n) is 14.7. The van der Waals surface area contributed by atoms with Crippen LogP contribution >= 0.6 is 0 Å². The summed E-state index contributed by atoms with van der Waals surface area (Å²) in [6, 6.07) is 44.9. The zero-order valence-corrected chi connectivity index (χ0v) is 39.7. The zero-order chi connectivity index (χ0) is 45.0. The Balaban J connectivity index is 1.13. The molecular weight excluding hydrogens is 774 g/mol. The maximum atomic E-state index is 6.44. The van der Waals surface area contributed by atoms with Crippen molar-refractivity contribution < 1.29 is 18.6 Å². The number of hydrogen-bond donors (Lipinski definition) is 0. The van der Waals surface area contributed by atoms with Gasteiger partial charge in [-0.2, -0.15) is 0 Å². The molecule has 0 aromatic heterocycles. The van der Waals surface area contributed by atoms with Crippen LogP contribution < -0.4 is 20.7 Å². The highest BCUT2D eigenvalue weighted by Crippen LogP contribution is 2.53. The van der Waals surface area contributed by atoms with Gasteiger partial charge in [0, 0.05) is 39.5 Å². The van der Waals surface area contributed by atoms with Crippen molar-refractivity contribution in [2.75, 3.05) is 9.80 Å². The molecule has 1 aliphatic carbocycles. The molecule has 2 fully saturated rings. The second-order valence-electron chi connectivity index (χ2n) is 20.7. The van der Waals surface area contributed by atoms with Crippen LogP contribution in [0.5, 0.6) is 0 Å². The van der Waals surface area contributed by atoms with Crippen LogP contribution in [0.3, 0.4) is 0 Å². The molecule has 0 amide bonds. The Bertz CT molecular complexity index is 2520. The lowest BCUT2D eigenvalue weighted by Crippen LogP contribution is -2.41. The molecule has 0 N–H and O–H groups in total. The summed E-state index contributed by atoms with van der Waals surface area (Å²) in [4.78, 5) is 4.78. The standard InChI is InChI=1S/C55H62B2N2O4/c1-35-15-29-49(37(3)31-35)58(41-21-17-39(18-22-41)56-60-52(7,8)53(9,10)61-56)43-25-27-47-45(33-43)46-34-44(26-28-48(46)51(47,5)6)59(50-30-16-36(2)32-38(50)4)42-23-19-40(20-24-42)57-62-54(11,12)55(13,14)63-57/h15-34H,1-14H3. The molecule has 8 heteroatoms. The van der Waals surface area contributed by atoms with Crippen LogP contribution in [0.4, 0.5) is 34.1 Å². The monoisotopic (exact) mass is 836 g/mol. The van der Waals surface area contributed by atoms with E-state index in [4.69, 9.17) is 18.6 Å². The Kier molecular flexibility index (Phi) is 10.3. The summed E-state index contributed by atoms with van der Waals surface area (Å²) in [5.74, 6) is 0. The Morgan fingerprint density at radius 1 is 0.365 bits per heavy atom. The molecule has 0 atom stereocenters. The minimum atomic E-state index is -0.428. The summed E-state index contributed by atoms with van der Waals surface area (Å²) in [6.45, 7) is 30.2. The number of fused-ring (bicyclic) bond motifs is 3. The predicted molar refractivity (Wildman–Crippen MR) is 264 cm³/mol. The largest absolute Gasteiger partial charge is 0.494 e. The molecule has 2 heterocycles. The first kappa shape index (κ1) is 43.2. The Morgan fingerprint density at radius 2 is 0.683 bits per heavy atom. The van der Waals surface area contributed by atoms with E-state index in [1.165, 1.54) is 44.5 Å². The SMILES string of the molecule is Cc1ccc(N(c2ccc(B3OC(C)(C)C(C)(C)O3)cc2)c2ccc3c(c2)-c2cc(N(c4ccc(B5OC(C)(C)C(C)(C)O5)cc4)c4ccc(C)cc4C)ccc2C3(C)C)c(C)c1. The average molecular weight is 837 g/mol. The summed E-state index contributed by atoms with van der Waals surface area (Å²) < 4.78 is 25.8. The van der Waals surface area contributed by atoms with E-state index in [2.05, 4.69) is 228 Å². The lowest BCUT2D eigenvalue weighted by Gasteiger charge is -2.32. The maximum Gasteiger partial charge on any atom is 0.494 e. The van der Waals surface area contributed by atoms with Gasteiger partial charge in [-0.25, -0.2) is 0 Å². The van der Waals surface area contributed by atoms with Gasteiger partial charge in [-0.15, -0.1) is 0 Å². The van der Waals surface area contributed by atoms with E-state index in [0.29, 0.717) is 0 Å². The minimum absolute atomic E-state index is 0.189. The fourth-order valence-corrected chi connectivity index (χ4v) is 9.51. The molecule has 2 aliphatic heterocycles. The molecule has 0 spiro atoms. The van der Waals surface area contributed by atoms with E-state index in [1.54, 1.807) is 0 Å². The van der Waals surface area contributed by atoms with Crippen molar-refractivity contribution in [3.8, 4) is 11.1 Å². The quantitative estimate of drug-likeness (QED) is 0.142. The number of anilines is 6. The van der Waals surface area contributed by atoms with Crippen LogP contribution in [-0.2, 0) is 24.0 Å². The van der Waals surface area contributed by atoms with Gasteiger partial charge < -0.3 is 28.4 Å². The van der Waals surface area contributed by atoms with Crippen LogP contribution in [0.2, 0.25) is 0 Å². The van der Waals surface area contributed by atoms with Crippen molar-refractivity contribution >= 4 is 59.3 Å². The van der Waals surface area contributed by atoms with Crippen LogP contribution in [-0.4, -0.2) is 36.6 Å². The van der Waals surface area contributed by atoms with Gasteiger partial charge in [0.25, 0.3) is 0 Å². The molecule has 322 valence electrons. The average Bonchev–Trinajstić information content (AvgIpc) is 3.69. The van der Waals surface area contributed by atoms with Gasteiger partial charge in [0.1, 0.15) is 0 Å². The fraction of sp³-hybridized carbons (Fsp3) is 0.345. The number of benzene rings is 6. The van der Waals surface area contributed by atoms with E-state index in [0.717, 1.165) is 45.0 Å². The molecule has 2 saturated heterocycles. The van der Waals surface area contributed by atoms with Gasteiger partial charge in [-0.05, 0) is 188 Å². The smallest absolute Gasteiger partial charge is 0.399 e. The van der Waals surface area contributed by atoms with Crippen molar-refractivity contribution in [2.45, 2.75) is 125 Å². The van der Waals surface area contributed by atoms with Crippen LogP contribution in [0.15, 0.2) is 121 Å². The van der Waals surface area contributed by atoms with Crippen molar-refractivity contribution in [3.05, 3.63) is 155 Å². The van der Waals surface area contributed by atoms with Crippen molar-refractivity contribution in [2.24, 2.45) is 0 Å². The van der Waals surface area contributed by atoms with Gasteiger partial charge in [-0.1, -0.05) is 85.6 Å². The molecule has 6 aromatic carbocycles. The van der Waals surface area contributed by atoms with E-state index in [-0.39, 0.29) is 5.41 Å². The molecule has 0 bridgehead atoms. The lowest BCUT2D eigenvalue weighted by atomic mass is 9.79. The molecule has 63 heavy (non-hydrogen) atoms. The minimum Gasteiger partial charge on any atom is -0.399 e. The highest BCUT2D eigenvalue weighted by molar-refractivity contribution is 6.62. The third kappa shape index (κ3) is 7.33. The van der Waals surface area contributed by atoms with Gasteiger partial charge in [0.05, 0.1) is 22.4 Å². The molecule has 3 aliphatic rings. The van der Waals surface area contributed by atoms with E-state index in [1.807, 2.05) is 0 Å². The first-order valence-electron chi connectivity index (χ1n) is 22.5. The van der Waals surface area contributed by atoms with Gasteiger partial charge in [0.2, 0.25) is 0 Å². The van der Waals surface area contributed by atoms with Gasteiger partial charge >= 0.3 is 14.2 Å². The molecule has 6 aromatic rings. The Hall–Kier alpha value is -5.11. The first-order chi connectivity index (χ1) is 29.6. The second kappa shape index (κ2) is 15.0. The second-order valence-corrected chi connectivity index (χ2v) is 20.7. The summed E-state index contributed by atoms with van der Waals surface area (Å²) in [5, 5.41) is 0. The number of hydrogen-bond acceptors (Lipinski definition) is 6. The van der Waals surface area contributed by atoms with E-state index < -0.39 is 36.6 Å². The number of nitrogens with zero attached hydrogens (tertiary/aromatic N) is 2. The highest BCUT2D eigenvalue weighted by atomic mass is 16.7. The summed E-state index contributed by atoms with van der Waals surface area (Å²) in [7, 11) is -0.856. The van der Waals surface area contributed by atoms with Crippen molar-refractivity contribution in [3.63, 3.8) is 0 Å². The maximum absolute atomic E-state index is 6.44. The van der Waals surface area contributed by atoms with Crippen molar-refractivity contribution in [1.29, 1.82) is 0 Å². The predicted octanol–water partition coefficient (Wildman–Crippen LogP) is 12.8. The summed E-state index contributed by atoms with van der Waals surface area (Å²) in [5.41, 5.74) is 16.8. The van der Waals surface area contributed by atoms with Gasteiger partial charge in [-0.3, -0.25) is 0 Å². The van der Waals surface area contributed by atoms with Gasteiger partial charge in [0.15, 0.2) is 0 Å². The van der Waals surface area contributed by atoms with E-state index >= 15 is 0 Å². The fourth-order valence-electron chi connectivity index (χ4n) is 9.51. The molecule has 0 saturated carbocycles. The highest BCUT2D eigenvalue weighted by Gasteiger charge is 2.53. The third-order valence-corrected chi connectivity index (χ3v) is 14.7. The molecule has 6 nitrogen and oxygen atoms in total. The topological polar surface area (TPSA) is 43.4 Å². The lowest BCUT2D eigenvalue weighted by molar-refractivity contribution is 0.00578. The normalized spacial score (nSPS) is 18.6. The molecule has 9 rings (SSSR count). The summed E-state index contributed by atoms with van der Waals surface area (Å²) >= 11 is 0. The van der Waals surface area contributed by atoms with Crippen molar-refractivity contribution in [1.82, 2.24) is 0 Å². The van der Waals surface area contributed by atoms with Crippen LogP contribution in [0.25, 0.3) is 11.1 Å². The molecule has 0 radical (unpaired) electrons. The van der Waals surface area contributed by atoms with Crippen LogP contribution in [0.1, 0.15) is 103 Å². The number of aryl methyl sites for hydroxylation is 4. The van der Waals surface area contributed by atoms with Crippen LogP contribution in [0, 0.1) is 27.7 Å². The first-order valence-corrected chi connectivity index (χ1v) is 22.5. The Morgan fingerprint density at radius 3 is 1.00 bits per heavy atom.